The van der Waals surface area contributed by atoms with E-state index in [1.165, 1.54) is 6.20 Å². The van der Waals surface area contributed by atoms with Gasteiger partial charge < -0.3 is 14.6 Å². The minimum absolute atomic E-state index is 0.0290. The van der Waals surface area contributed by atoms with E-state index < -0.39 is 5.97 Å². The molecule has 1 N–H and O–H groups in total. The van der Waals surface area contributed by atoms with Crippen LogP contribution >= 0.6 is 11.3 Å². The van der Waals surface area contributed by atoms with Crippen molar-refractivity contribution in [3.05, 3.63) is 74.2 Å². The Morgan fingerprint density at radius 2 is 2.09 bits per heavy atom. The number of esters is 1. The minimum atomic E-state index is -0.444. The molecular weight excluding hydrogens is 426 g/mol. The van der Waals surface area contributed by atoms with Crippen LogP contribution in [-0.2, 0) is 18.3 Å². The van der Waals surface area contributed by atoms with E-state index >= 15 is 0 Å². The highest BCUT2D eigenvalue weighted by Gasteiger charge is 2.22. The standard InChI is InChI=1S/C23H25N5O3S/c1-5-31-23(30)17-11-25-28(21(17)12-24-14(2)18-13-32-15(3)26-18)20-10-22(29)27(4)19-9-7-6-8-16(19)20/h6-11,13-14,24H,5,12H2,1-4H3. The van der Waals surface area contributed by atoms with Gasteiger partial charge in [-0.2, -0.15) is 5.10 Å². The normalized spacial score (nSPS) is 12.2. The Morgan fingerprint density at radius 1 is 1.31 bits per heavy atom. The third-order valence-electron chi connectivity index (χ3n) is 5.38. The predicted molar refractivity (Wildman–Crippen MR) is 124 cm³/mol. The second-order valence-electron chi connectivity index (χ2n) is 7.48. The zero-order valence-electron chi connectivity index (χ0n) is 18.5. The molecule has 1 aromatic carbocycles. The van der Waals surface area contributed by atoms with Crippen molar-refractivity contribution >= 4 is 28.2 Å². The first-order valence-electron chi connectivity index (χ1n) is 10.4. The Labute approximate surface area is 189 Å². The molecule has 0 aliphatic carbocycles. The van der Waals surface area contributed by atoms with Gasteiger partial charge in [0.15, 0.2) is 0 Å². The summed E-state index contributed by atoms with van der Waals surface area (Å²) in [7, 11) is 1.74. The van der Waals surface area contributed by atoms with Crippen molar-refractivity contribution in [2.24, 2.45) is 7.05 Å². The van der Waals surface area contributed by atoms with Gasteiger partial charge in [0.25, 0.3) is 5.56 Å². The molecule has 1 unspecified atom stereocenters. The van der Waals surface area contributed by atoms with Gasteiger partial charge in [-0.25, -0.2) is 14.5 Å². The predicted octanol–water partition coefficient (Wildman–Crippen LogP) is 3.52. The average Bonchev–Trinajstić information content (AvgIpc) is 3.41. The molecule has 0 saturated heterocycles. The quantitative estimate of drug-likeness (QED) is 0.433. The molecule has 0 aliphatic rings. The van der Waals surface area contributed by atoms with Gasteiger partial charge in [-0.05, 0) is 26.8 Å². The summed E-state index contributed by atoms with van der Waals surface area (Å²) in [4.78, 5) is 29.8. The summed E-state index contributed by atoms with van der Waals surface area (Å²) in [5.41, 5.74) is 3.18. The number of pyridine rings is 1. The third-order valence-corrected chi connectivity index (χ3v) is 6.17. The molecule has 0 spiro atoms. The van der Waals surface area contributed by atoms with E-state index in [1.54, 1.807) is 40.6 Å². The van der Waals surface area contributed by atoms with Crippen molar-refractivity contribution in [2.45, 2.75) is 33.4 Å². The smallest absolute Gasteiger partial charge is 0.341 e. The summed E-state index contributed by atoms with van der Waals surface area (Å²) in [6.45, 7) is 6.36. The topological polar surface area (TPSA) is 91.0 Å². The third kappa shape index (κ3) is 4.09. The van der Waals surface area contributed by atoms with Crippen molar-refractivity contribution < 1.29 is 9.53 Å². The molecule has 0 saturated carbocycles. The van der Waals surface area contributed by atoms with Gasteiger partial charge in [0.05, 0.1) is 40.4 Å². The van der Waals surface area contributed by atoms with Gasteiger partial charge >= 0.3 is 5.97 Å². The molecule has 4 aromatic rings. The molecule has 9 heteroatoms. The number of thiazole rings is 1. The lowest BCUT2D eigenvalue weighted by Crippen LogP contribution is -2.23. The highest BCUT2D eigenvalue weighted by atomic mass is 32.1. The van der Waals surface area contributed by atoms with E-state index in [0.717, 1.165) is 21.6 Å². The van der Waals surface area contributed by atoms with Crippen molar-refractivity contribution in [2.75, 3.05) is 6.61 Å². The highest BCUT2D eigenvalue weighted by Crippen LogP contribution is 2.24. The van der Waals surface area contributed by atoms with Crippen molar-refractivity contribution in [1.29, 1.82) is 0 Å². The first-order valence-corrected chi connectivity index (χ1v) is 11.3. The number of nitrogens with zero attached hydrogens (tertiary/aromatic N) is 4. The molecular formula is C23H25N5O3S. The number of hydrogen-bond acceptors (Lipinski definition) is 7. The summed E-state index contributed by atoms with van der Waals surface area (Å²) in [5.74, 6) is -0.444. The molecule has 0 bridgehead atoms. The molecule has 8 nitrogen and oxygen atoms in total. The number of benzene rings is 1. The lowest BCUT2D eigenvalue weighted by Gasteiger charge is -2.16. The molecule has 1 atom stereocenters. The number of nitrogens with one attached hydrogen (secondary N) is 1. The first-order chi connectivity index (χ1) is 15.4. The Morgan fingerprint density at radius 3 is 2.81 bits per heavy atom. The van der Waals surface area contributed by atoms with Crippen LogP contribution in [0.3, 0.4) is 0 Å². The lowest BCUT2D eigenvalue weighted by atomic mass is 10.1. The fourth-order valence-corrected chi connectivity index (χ4v) is 4.34. The second-order valence-corrected chi connectivity index (χ2v) is 8.54. The van der Waals surface area contributed by atoms with Crippen LogP contribution in [0, 0.1) is 6.92 Å². The number of ether oxygens (including phenoxy) is 1. The monoisotopic (exact) mass is 451 g/mol. The van der Waals surface area contributed by atoms with E-state index in [4.69, 9.17) is 4.74 Å². The van der Waals surface area contributed by atoms with Crippen LogP contribution in [0.2, 0.25) is 0 Å². The van der Waals surface area contributed by atoms with E-state index in [1.807, 2.05) is 43.5 Å². The maximum Gasteiger partial charge on any atom is 0.341 e. The maximum atomic E-state index is 12.6. The molecule has 166 valence electrons. The number of aromatic nitrogens is 4. The van der Waals surface area contributed by atoms with Gasteiger partial charge in [0.1, 0.15) is 5.56 Å². The molecule has 0 aliphatic heterocycles. The summed E-state index contributed by atoms with van der Waals surface area (Å²) in [5, 5.41) is 11.8. The second kappa shape index (κ2) is 9.05. The molecule has 3 heterocycles. The van der Waals surface area contributed by atoms with Crippen LogP contribution in [0.4, 0.5) is 0 Å². The fraction of sp³-hybridized carbons (Fsp3) is 0.304. The largest absolute Gasteiger partial charge is 0.462 e. The Bertz CT molecular complexity index is 1340. The van der Waals surface area contributed by atoms with Crippen molar-refractivity contribution in [3.63, 3.8) is 0 Å². The van der Waals surface area contributed by atoms with E-state index in [0.29, 0.717) is 23.5 Å². The Balaban J connectivity index is 1.80. The zero-order chi connectivity index (χ0) is 22.8. The van der Waals surface area contributed by atoms with Gasteiger partial charge in [0.2, 0.25) is 0 Å². The average molecular weight is 452 g/mol. The number of carbonyl (C=O) groups is 1. The SMILES string of the molecule is CCOC(=O)c1cnn(-c2cc(=O)n(C)c3ccccc23)c1CNC(C)c1csc(C)n1. The molecule has 0 radical (unpaired) electrons. The van der Waals surface area contributed by atoms with Crippen molar-refractivity contribution in [3.8, 4) is 5.69 Å². The maximum absolute atomic E-state index is 12.6. The lowest BCUT2D eigenvalue weighted by molar-refractivity contribution is 0.0524. The van der Waals surface area contributed by atoms with Crippen LogP contribution in [0.1, 0.15) is 46.6 Å². The number of fused-ring (bicyclic) bond motifs is 1. The van der Waals surface area contributed by atoms with Crippen LogP contribution in [0.15, 0.2) is 46.7 Å². The molecule has 0 fully saturated rings. The Kier molecular flexibility index (Phi) is 6.20. The minimum Gasteiger partial charge on any atom is -0.462 e. The number of aryl methyl sites for hydroxylation is 2. The summed E-state index contributed by atoms with van der Waals surface area (Å²) in [6, 6.07) is 9.14. The first kappa shape index (κ1) is 21.9. The molecule has 4 rings (SSSR count). The summed E-state index contributed by atoms with van der Waals surface area (Å²) >= 11 is 1.60. The zero-order valence-corrected chi connectivity index (χ0v) is 19.3. The summed E-state index contributed by atoms with van der Waals surface area (Å²) in [6.07, 6.45) is 1.50. The van der Waals surface area contributed by atoms with Crippen LogP contribution in [0.5, 0.6) is 0 Å². The number of para-hydroxylation sites is 1. The fourth-order valence-electron chi connectivity index (χ4n) is 3.63. The highest BCUT2D eigenvalue weighted by molar-refractivity contribution is 7.09. The van der Waals surface area contributed by atoms with Gasteiger partial charge in [-0.1, -0.05) is 18.2 Å². The molecule has 3 aromatic heterocycles. The van der Waals surface area contributed by atoms with Gasteiger partial charge in [0, 0.05) is 36.5 Å². The number of rotatable bonds is 7. The van der Waals surface area contributed by atoms with E-state index in [9.17, 15) is 9.59 Å². The van der Waals surface area contributed by atoms with E-state index in [-0.39, 0.29) is 18.2 Å². The van der Waals surface area contributed by atoms with Gasteiger partial charge in [-0.15, -0.1) is 11.3 Å². The Hall–Kier alpha value is -3.30. The number of hydrogen-bond donors (Lipinski definition) is 1. The van der Waals surface area contributed by atoms with Gasteiger partial charge in [-0.3, -0.25) is 4.79 Å². The molecule has 0 amide bonds. The van der Waals surface area contributed by atoms with E-state index in [2.05, 4.69) is 15.4 Å². The van der Waals surface area contributed by atoms with Crippen molar-refractivity contribution in [1.82, 2.24) is 24.6 Å². The van der Waals surface area contributed by atoms with Crippen LogP contribution < -0.4 is 10.9 Å². The molecule has 32 heavy (non-hydrogen) atoms. The van der Waals surface area contributed by atoms with Crippen LogP contribution in [-0.4, -0.2) is 31.9 Å². The number of carbonyl (C=O) groups excluding carboxylic acids is 1. The summed E-state index contributed by atoms with van der Waals surface area (Å²) < 4.78 is 8.50. The van der Waals surface area contributed by atoms with Crippen LogP contribution in [0.25, 0.3) is 16.6 Å².